The Hall–Kier alpha value is -2.27. The van der Waals surface area contributed by atoms with Crippen LogP contribution in [-0.2, 0) is 6.42 Å². The van der Waals surface area contributed by atoms with Crippen LogP contribution in [0.5, 0.6) is 0 Å². The van der Waals surface area contributed by atoms with Crippen molar-refractivity contribution in [2.45, 2.75) is 25.8 Å². The van der Waals surface area contributed by atoms with Gasteiger partial charge in [0.1, 0.15) is 0 Å². The van der Waals surface area contributed by atoms with Crippen molar-refractivity contribution in [3.63, 3.8) is 0 Å². The van der Waals surface area contributed by atoms with Crippen LogP contribution in [0.4, 0.5) is 5.69 Å². The summed E-state index contributed by atoms with van der Waals surface area (Å²) in [7, 11) is 0. The summed E-state index contributed by atoms with van der Waals surface area (Å²) in [5.74, 6) is 0. The third-order valence-corrected chi connectivity index (χ3v) is 3.42. The van der Waals surface area contributed by atoms with Gasteiger partial charge < -0.3 is 5.32 Å². The number of nitro benzene ring substituents is 1. The van der Waals surface area contributed by atoms with E-state index in [1.165, 1.54) is 11.6 Å². The number of non-ortho nitro benzene ring substituents is 1. The van der Waals surface area contributed by atoms with Crippen molar-refractivity contribution in [3.8, 4) is 0 Å². The topological polar surface area (TPSA) is 68.1 Å². The van der Waals surface area contributed by atoms with Crippen molar-refractivity contribution in [1.29, 1.82) is 0 Å². The number of benzene rings is 1. The molecule has 0 aliphatic rings. The molecule has 2 rings (SSSR count). The Kier molecular flexibility index (Phi) is 5.40. The standard InChI is InChI=1S/C16H19N3O2/c1-2-16(14-6-3-7-15(11-14)19(20)21)18-10-8-13-5-4-9-17-12-13/h3-7,9,11-12,16,18H,2,8,10H2,1H3. The van der Waals surface area contributed by atoms with E-state index in [1.54, 1.807) is 18.3 Å². The van der Waals surface area contributed by atoms with Gasteiger partial charge in [0.25, 0.3) is 5.69 Å². The number of nitrogens with zero attached hydrogens (tertiary/aromatic N) is 2. The molecule has 1 N–H and O–H groups in total. The third kappa shape index (κ3) is 4.36. The minimum Gasteiger partial charge on any atom is -0.310 e. The molecule has 21 heavy (non-hydrogen) atoms. The number of nitrogens with one attached hydrogen (secondary N) is 1. The fraction of sp³-hybridized carbons (Fsp3) is 0.312. The first-order chi connectivity index (χ1) is 10.2. The zero-order valence-corrected chi connectivity index (χ0v) is 12.0. The summed E-state index contributed by atoms with van der Waals surface area (Å²) in [6.07, 6.45) is 5.39. The van der Waals surface area contributed by atoms with Crippen LogP contribution in [0.2, 0.25) is 0 Å². The lowest BCUT2D eigenvalue weighted by Gasteiger charge is -2.17. The maximum absolute atomic E-state index is 10.8. The van der Waals surface area contributed by atoms with Crippen molar-refractivity contribution in [1.82, 2.24) is 10.3 Å². The van der Waals surface area contributed by atoms with Crippen molar-refractivity contribution >= 4 is 5.69 Å². The lowest BCUT2D eigenvalue weighted by Crippen LogP contribution is -2.23. The lowest BCUT2D eigenvalue weighted by atomic mass is 10.0. The lowest BCUT2D eigenvalue weighted by molar-refractivity contribution is -0.384. The van der Waals surface area contributed by atoms with Gasteiger partial charge in [-0.2, -0.15) is 0 Å². The molecule has 1 atom stereocenters. The van der Waals surface area contributed by atoms with E-state index in [0.29, 0.717) is 0 Å². The van der Waals surface area contributed by atoms with Crippen LogP contribution in [0, 0.1) is 10.1 Å². The molecule has 5 heteroatoms. The first-order valence-electron chi connectivity index (χ1n) is 7.07. The Morgan fingerprint density at radius 3 is 2.86 bits per heavy atom. The Morgan fingerprint density at radius 2 is 2.19 bits per heavy atom. The molecule has 1 unspecified atom stereocenters. The van der Waals surface area contributed by atoms with E-state index in [0.717, 1.165) is 24.9 Å². The molecule has 0 amide bonds. The first-order valence-corrected chi connectivity index (χ1v) is 7.07. The van der Waals surface area contributed by atoms with Gasteiger partial charge in [0.05, 0.1) is 4.92 Å². The Morgan fingerprint density at radius 1 is 1.33 bits per heavy atom. The zero-order chi connectivity index (χ0) is 15.1. The summed E-state index contributed by atoms with van der Waals surface area (Å²) in [6.45, 7) is 2.88. The highest BCUT2D eigenvalue weighted by Crippen LogP contribution is 2.21. The van der Waals surface area contributed by atoms with Crippen molar-refractivity contribution in [2.75, 3.05) is 6.54 Å². The third-order valence-electron chi connectivity index (χ3n) is 3.42. The summed E-state index contributed by atoms with van der Waals surface area (Å²) in [5, 5.41) is 14.3. The summed E-state index contributed by atoms with van der Waals surface area (Å²) >= 11 is 0. The molecule has 0 saturated carbocycles. The van der Waals surface area contributed by atoms with Crippen molar-refractivity contribution < 1.29 is 4.92 Å². The highest BCUT2D eigenvalue weighted by molar-refractivity contribution is 5.35. The number of pyridine rings is 1. The van der Waals surface area contributed by atoms with E-state index in [2.05, 4.69) is 17.2 Å². The second kappa shape index (κ2) is 7.50. The first kappa shape index (κ1) is 15.1. The van der Waals surface area contributed by atoms with Gasteiger partial charge in [-0.15, -0.1) is 0 Å². The molecular weight excluding hydrogens is 266 g/mol. The largest absolute Gasteiger partial charge is 0.310 e. The fourth-order valence-electron chi connectivity index (χ4n) is 2.29. The SMILES string of the molecule is CCC(NCCc1cccnc1)c1cccc([N+](=O)[O-])c1. The minimum absolute atomic E-state index is 0.126. The monoisotopic (exact) mass is 285 g/mol. The van der Waals surface area contributed by atoms with Gasteiger partial charge in [0, 0.05) is 30.6 Å². The molecule has 0 aliphatic carbocycles. The van der Waals surface area contributed by atoms with E-state index in [9.17, 15) is 10.1 Å². The molecule has 1 heterocycles. The van der Waals surface area contributed by atoms with Crippen LogP contribution in [-0.4, -0.2) is 16.5 Å². The summed E-state index contributed by atoms with van der Waals surface area (Å²) < 4.78 is 0. The molecule has 5 nitrogen and oxygen atoms in total. The molecule has 0 fully saturated rings. The van der Waals surface area contributed by atoms with E-state index < -0.39 is 0 Å². The fourth-order valence-corrected chi connectivity index (χ4v) is 2.29. The van der Waals surface area contributed by atoms with Gasteiger partial charge >= 0.3 is 0 Å². The predicted molar refractivity (Wildman–Crippen MR) is 82.1 cm³/mol. The predicted octanol–water partition coefficient (Wildman–Crippen LogP) is 3.27. The molecular formula is C16H19N3O2. The average molecular weight is 285 g/mol. The highest BCUT2D eigenvalue weighted by atomic mass is 16.6. The molecule has 0 saturated heterocycles. The Balaban J connectivity index is 1.96. The maximum atomic E-state index is 10.8. The maximum Gasteiger partial charge on any atom is 0.269 e. The molecule has 110 valence electrons. The molecule has 2 aromatic rings. The van der Waals surface area contributed by atoms with Crippen LogP contribution in [0.1, 0.15) is 30.5 Å². The minimum atomic E-state index is -0.355. The quantitative estimate of drug-likeness (QED) is 0.626. The molecule has 0 radical (unpaired) electrons. The van der Waals surface area contributed by atoms with Gasteiger partial charge in [0.2, 0.25) is 0 Å². The van der Waals surface area contributed by atoms with Crippen LogP contribution in [0.25, 0.3) is 0 Å². The smallest absolute Gasteiger partial charge is 0.269 e. The van der Waals surface area contributed by atoms with E-state index in [1.807, 2.05) is 24.4 Å². The van der Waals surface area contributed by atoms with Gasteiger partial charge in [0.15, 0.2) is 0 Å². The molecule has 0 spiro atoms. The van der Waals surface area contributed by atoms with Gasteiger partial charge in [-0.3, -0.25) is 15.1 Å². The summed E-state index contributed by atoms with van der Waals surface area (Å²) in [5.41, 5.74) is 2.27. The number of hydrogen-bond acceptors (Lipinski definition) is 4. The second-order valence-electron chi connectivity index (χ2n) is 4.88. The zero-order valence-electron chi connectivity index (χ0n) is 12.0. The number of nitro groups is 1. The van der Waals surface area contributed by atoms with Crippen LogP contribution >= 0.6 is 0 Å². The van der Waals surface area contributed by atoms with Crippen molar-refractivity contribution in [3.05, 3.63) is 70.0 Å². The Bertz CT molecular complexity index is 587. The van der Waals surface area contributed by atoms with Crippen molar-refractivity contribution in [2.24, 2.45) is 0 Å². The summed E-state index contributed by atoms with van der Waals surface area (Å²) in [6, 6.07) is 10.9. The van der Waals surface area contributed by atoms with E-state index >= 15 is 0 Å². The van der Waals surface area contributed by atoms with Crippen LogP contribution in [0.3, 0.4) is 0 Å². The van der Waals surface area contributed by atoms with Crippen LogP contribution < -0.4 is 5.32 Å². The Labute approximate surface area is 124 Å². The van der Waals surface area contributed by atoms with Gasteiger partial charge in [-0.05, 0) is 36.6 Å². The number of aromatic nitrogens is 1. The molecule has 1 aromatic heterocycles. The van der Waals surface area contributed by atoms with Gasteiger partial charge in [-0.25, -0.2) is 0 Å². The van der Waals surface area contributed by atoms with E-state index in [-0.39, 0.29) is 16.7 Å². The van der Waals surface area contributed by atoms with Crippen LogP contribution in [0.15, 0.2) is 48.8 Å². The summed E-state index contributed by atoms with van der Waals surface area (Å²) in [4.78, 5) is 14.6. The van der Waals surface area contributed by atoms with E-state index in [4.69, 9.17) is 0 Å². The number of rotatable bonds is 7. The average Bonchev–Trinajstić information content (AvgIpc) is 2.52. The molecule has 1 aromatic carbocycles. The number of hydrogen-bond donors (Lipinski definition) is 1. The normalized spacial score (nSPS) is 12.0. The molecule has 0 bridgehead atoms. The second-order valence-corrected chi connectivity index (χ2v) is 4.88. The van der Waals surface area contributed by atoms with Gasteiger partial charge in [-0.1, -0.05) is 25.1 Å². The highest BCUT2D eigenvalue weighted by Gasteiger charge is 2.12. The molecule has 0 aliphatic heterocycles.